The molecule has 3 atom stereocenters. The second-order valence-corrected chi connectivity index (χ2v) is 6.14. The van der Waals surface area contributed by atoms with Crippen LogP contribution in [0.15, 0.2) is 6.20 Å². The first-order valence-electron chi connectivity index (χ1n) is 7.50. The molecule has 4 rings (SSSR count). The van der Waals surface area contributed by atoms with Crippen LogP contribution in [0.25, 0.3) is 0 Å². The van der Waals surface area contributed by atoms with Gasteiger partial charge in [0.15, 0.2) is 0 Å². The van der Waals surface area contributed by atoms with Crippen molar-refractivity contribution in [3.8, 4) is 0 Å². The number of fused-ring (bicyclic) bond motifs is 2. The van der Waals surface area contributed by atoms with Gasteiger partial charge in [-0.2, -0.15) is 0 Å². The van der Waals surface area contributed by atoms with E-state index in [1.54, 1.807) is 0 Å². The summed E-state index contributed by atoms with van der Waals surface area (Å²) in [5.74, 6) is 0.974. The number of nitrogens with zero attached hydrogens (tertiary/aromatic N) is 2. The minimum atomic E-state index is -0.422. The van der Waals surface area contributed by atoms with E-state index in [-0.39, 0.29) is 35.5 Å². The first-order chi connectivity index (χ1) is 10.6. The molecule has 22 heavy (non-hydrogen) atoms. The van der Waals surface area contributed by atoms with E-state index in [0.717, 1.165) is 12.8 Å². The second kappa shape index (κ2) is 4.82. The van der Waals surface area contributed by atoms with E-state index in [4.69, 9.17) is 10.5 Å². The fourth-order valence-electron chi connectivity index (χ4n) is 3.11. The number of amides is 2. The third-order valence-electron chi connectivity index (χ3n) is 4.42. The molecule has 3 aliphatic rings. The molecule has 0 aromatic carbocycles. The largest absolute Gasteiger partial charge is 0.444 e. The second-order valence-electron chi connectivity index (χ2n) is 6.14. The van der Waals surface area contributed by atoms with Crippen LogP contribution >= 0.6 is 0 Å². The van der Waals surface area contributed by atoms with Crippen LogP contribution in [0.1, 0.15) is 47.8 Å². The number of hydrogen-bond donors (Lipinski definition) is 3. The Kier molecular flexibility index (Phi) is 2.91. The monoisotopic (exact) mass is 303 g/mol. The number of aromatic nitrogens is 2. The van der Waals surface area contributed by atoms with Crippen LogP contribution in [-0.2, 0) is 4.74 Å². The molecule has 2 aliphatic carbocycles. The summed E-state index contributed by atoms with van der Waals surface area (Å²) in [4.78, 5) is 32.1. The highest BCUT2D eigenvalue weighted by atomic mass is 16.6. The van der Waals surface area contributed by atoms with Gasteiger partial charge in [-0.15, -0.1) is 0 Å². The van der Waals surface area contributed by atoms with Gasteiger partial charge in [-0.25, -0.2) is 14.8 Å². The lowest BCUT2D eigenvalue weighted by Crippen LogP contribution is -2.44. The van der Waals surface area contributed by atoms with E-state index >= 15 is 0 Å². The van der Waals surface area contributed by atoms with Gasteiger partial charge in [0.25, 0.3) is 5.91 Å². The normalized spacial score (nSPS) is 29.6. The standard InChI is InChI=1S/C14H17N5O3/c15-11-8(5-16-12(19-11)6-1-2-6)13(20)18-9-3-7-4-10(9)22-14(21)17-7/h5-7,9-10H,1-4H2,(H,17,21)(H,18,20)(H2,15,16,19)/t7-,9-,10-/m1/s1. The number of alkyl carbamates (subject to hydrolysis) is 1. The predicted octanol–water partition coefficient (Wildman–Crippen LogP) is 0.305. The number of carbonyl (C=O) groups is 2. The number of ether oxygens (including phenoxy) is 1. The molecule has 1 saturated heterocycles. The fraction of sp³-hybridized carbons (Fsp3) is 0.571. The first-order valence-corrected chi connectivity index (χ1v) is 7.50. The third kappa shape index (κ3) is 2.34. The fourth-order valence-corrected chi connectivity index (χ4v) is 3.11. The number of rotatable bonds is 3. The highest BCUT2D eigenvalue weighted by molar-refractivity contribution is 5.98. The van der Waals surface area contributed by atoms with Crippen molar-refractivity contribution in [3.63, 3.8) is 0 Å². The first kappa shape index (κ1) is 13.3. The van der Waals surface area contributed by atoms with Crippen molar-refractivity contribution in [3.05, 3.63) is 17.6 Å². The zero-order chi connectivity index (χ0) is 15.3. The van der Waals surface area contributed by atoms with E-state index in [9.17, 15) is 9.59 Å². The Balaban J connectivity index is 1.47. The SMILES string of the molecule is Nc1nc(C2CC2)ncc1C(=O)N[C@@H]1C[C@@H]2C[C@H]1OC(=O)N2. The smallest absolute Gasteiger partial charge is 0.407 e. The van der Waals surface area contributed by atoms with Gasteiger partial charge in [0.05, 0.1) is 11.6 Å². The molecule has 2 bridgehead atoms. The Labute approximate surface area is 126 Å². The van der Waals surface area contributed by atoms with Crippen molar-refractivity contribution in [2.24, 2.45) is 0 Å². The Morgan fingerprint density at radius 2 is 2.23 bits per heavy atom. The molecular formula is C14H17N5O3. The van der Waals surface area contributed by atoms with Crippen LogP contribution < -0.4 is 16.4 Å². The molecule has 116 valence electrons. The molecule has 1 aromatic heterocycles. The maximum Gasteiger partial charge on any atom is 0.407 e. The Morgan fingerprint density at radius 1 is 1.41 bits per heavy atom. The molecule has 8 nitrogen and oxygen atoms in total. The zero-order valence-electron chi connectivity index (χ0n) is 11.9. The van der Waals surface area contributed by atoms with Gasteiger partial charge in [-0.05, 0) is 19.3 Å². The molecule has 4 N–H and O–H groups in total. The molecule has 0 radical (unpaired) electrons. The van der Waals surface area contributed by atoms with E-state index in [0.29, 0.717) is 24.6 Å². The lowest BCUT2D eigenvalue weighted by Gasteiger charge is -2.23. The highest BCUT2D eigenvalue weighted by Crippen LogP contribution is 2.38. The van der Waals surface area contributed by atoms with Gasteiger partial charge < -0.3 is 21.1 Å². The molecule has 1 aliphatic heterocycles. The molecular weight excluding hydrogens is 286 g/mol. The summed E-state index contributed by atoms with van der Waals surface area (Å²) in [5, 5.41) is 5.60. The molecule has 2 heterocycles. The lowest BCUT2D eigenvalue weighted by atomic mass is 10.2. The average molecular weight is 303 g/mol. The number of anilines is 1. The molecule has 0 unspecified atom stereocenters. The van der Waals surface area contributed by atoms with Crippen molar-refractivity contribution < 1.29 is 14.3 Å². The minimum Gasteiger partial charge on any atom is -0.444 e. The summed E-state index contributed by atoms with van der Waals surface area (Å²) < 4.78 is 5.19. The summed E-state index contributed by atoms with van der Waals surface area (Å²) in [6.07, 6.45) is 4.30. The van der Waals surface area contributed by atoms with E-state index in [2.05, 4.69) is 20.6 Å². The number of nitrogen functional groups attached to an aromatic ring is 1. The number of nitrogens with two attached hydrogens (primary N) is 1. The number of nitrogens with one attached hydrogen (secondary N) is 2. The van der Waals surface area contributed by atoms with Gasteiger partial charge in [0, 0.05) is 24.6 Å². The number of hydrogen-bond acceptors (Lipinski definition) is 6. The maximum absolute atomic E-state index is 12.4. The molecule has 0 spiro atoms. The Hall–Kier alpha value is -2.38. The van der Waals surface area contributed by atoms with Crippen molar-refractivity contribution in [1.29, 1.82) is 0 Å². The molecule has 2 amide bonds. The highest BCUT2D eigenvalue weighted by Gasteiger charge is 2.42. The quantitative estimate of drug-likeness (QED) is 0.739. The lowest BCUT2D eigenvalue weighted by molar-refractivity contribution is 0.0660. The molecule has 2 saturated carbocycles. The van der Waals surface area contributed by atoms with Gasteiger partial charge in [0.1, 0.15) is 17.7 Å². The van der Waals surface area contributed by atoms with Crippen molar-refractivity contribution >= 4 is 17.8 Å². The summed E-state index contributed by atoms with van der Waals surface area (Å²) in [6.45, 7) is 0. The van der Waals surface area contributed by atoms with E-state index < -0.39 is 6.09 Å². The summed E-state index contributed by atoms with van der Waals surface area (Å²) in [6, 6.07) is -0.152. The van der Waals surface area contributed by atoms with E-state index in [1.807, 2.05) is 0 Å². The van der Waals surface area contributed by atoms with Crippen molar-refractivity contribution in [2.45, 2.75) is 49.8 Å². The average Bonchev–Trinajstić information content (AvgIpc) is 3.26. The van der Waals surface area contributed by atoms with E-state index in [1.165, 1.54) is 6.20 Å². The molecule has 3 fully saturated rings. The summed E-state index contributed by atoms with van der Waals surface area (Å²) in [7, 11) is 0. The van der Waals surface area contributed by atoms with Gasteiger partial charge in [0.2, 0.25) is 0 Å². The minimum absolute atomic E-state index is 0.0578. The Morgan fingerprint density at radius 3 is 2.95 bits per heavy atom. The van der Waals surface area contributed by atoms with Crippen LogP contribution in [0.3, 0.4) is 0 Å². The zero-order valence-corrected chi connectivity index (χ0v) is 11.9. The molecule has 1 aromatic rings. The van der Waals surface area contributed by atoms with Gasteiger partial charge >= 0.3 is 6.09 Å². The summed E-state index contributed by atoms with van der Waals surface area (Å²) in [5.41, 5.74) is 6.15. The Bertz CT molecular complexity index is 645. The van der Waals surface area contributed by atoms with Gasteiger partial charge in [-0.3, -0.25) is 4.79 Å². The topological polar surface area (TPSA) is 119 Å². The van der Waals surface area contributed by atoms with Crippen LogP contribution in [0.5, 0.6) is 0 Å². The van der Waals surface area contributed by atoms with Crippen LogP contribution in [0.4, 0.5) is 10.6 Å². The van der Waals surface area contributed by atoms with Gasteiger partial charge in [-0.1, -0.05) is 0 Å². The van der Waals surface area contributed by atoms with Crippen molar-refractivity contribution in [2.75, 3.05) is 5.73 Å². The van der Waals surface area contributed by atoms with Crippen LogP contribution in [0, 0.1) is 0 Å². The maximum atomic E-state index is 12.4. The molecule has 8 heteroatoms. The number of carbonyl (C=O) groups excluding carboxylic acids is 2. The van der Waals surface area contributed by atoms with Crippen molar-refractivity contribution in [1.82, 2.24) is 20.6 Å². The third-order valence-corrected chi connectivity index (χ3v) is 4.42. The predicted molar refractivity (Wildman–Crippen MR) is 76.1 cm³/mol. The van der Waals surface area contributed by atoms with Crippen LogP contribution in [-0.4, -0.2) is 40.2 Å². The summed E-state index contributed by atoms with van der Waals surface area (Å²) >= 11 is 0. The van der Waals surface area contributed by atoms with Crippen LogP contribution in [0.2, 0.25) is 0 Å².